The molecule has 5 heteroatoms. The average Bonchev–Trinajstić information content (AvgIpc) is 2.56. The summed E-state index contributed by atoms with van der Waals surface area (Å²) in [4.78, 5) is 23.8. The number of benzene rings is 1. The quantitative estimate of drug-likeness (QED) is 0.751. The van der Waals surface area contributed by atoms with Gasteiger partial charge in [-0.2, -0.15) is 0 Å². The second-order valence-electron chi connectivity index (χ2n) is 5.71. The van der Waals surface area contributed by atoms with Gasteiger partial charge in [-0.1, -0.05) is 12.5 Å². The van der Waals surface area contributed by atoms with Gasteiger partial charge in [0.2, 0.25) is 0 Å². The van der Waals surface area contributed by atoms with Gasteiger partial charge in [-0.3, -0.25) is 0 Å². The Hall–Kier alpha value is -2.04. The van der Waals surface area contributed by atoms with Crippen LogP contribution in [0.2, 0.25) is 0 Å². The Morgan fingerprint density at radius 3 is 2.65 bits per heavy atom. The van der Waals surface area contributed by atoms with Crippen LogP contribution in [-0.2, 0) is 14.3 Å². The third-order valence-electron chi connectivity index (χ3n) is 3.82. The molecule has 5 nitrogen and oxygen atoms in total. The third kappa shape index (κ3) is 5.27. The molecule has 0 spiro atoms. The number of hydrogen-bond acceptors (Lipinski definition) is 5. The zero-order valence-electron chi connectivity index (χ0n) is 13.7. The molecular weight excluding hydrogens is 296 g/mol. The fourth-order valence-corrected chi connectivity index (χ4v) is 2.61. The Kier molecular flexibility index (Phi) is 6.44. The van der Waals surface area contributed by atoms with E-state index in [-0.39, 0.29) is 12.1 Å². The second kappa shape index (κ2) is 8.56. The molecule has 1 aliphatic carbocycles. The summed E-state index contributed by atoms with van der Waals surface area (Å²) in [7, 11) is 0. The van der Waals surface area contributed by atoms with Crippen LogP contribution in [0, 0.1) is 0 Å². The van der Waals surface area contributed by atoms with Crippen LogP contribution in [-0.4, -0.2) is 30.8 Å². The van der Waals surface area contributed by atoms with E-state index >= 15 is 0 Å². The summed E-state index contributed by atoms with van der Waals surface area (Å²) in [6.07, 6.45) is 4.57. The molecule has 0 radical (unpaired) electrons. The molecule has 0 bridgehead atoms. The van der Waals surface area contributed by atoms with Gasteiger partial charge in [-0.15, -0.1) is 0 Å². The first-order valence-corrected chi connectivity index (χ1v) is 8.24. The van der Waals surface area contributed by atoms with Crippen molar-refractivity contribution in [3.05, 3.63) is 29.8 Å². The van der Waals surface area contributed by atoms with Crippen molar-refractivity contribution in [3.63, 3.8) is 0 Å². The Bertz CT molecular complexity index is 534. The number of rotatable bonds is 6. The highest BCUT2D eigenvalue weighted by Crippen LogP contribution is 2.22. The molecule has 2 rings (SSSR count). The zero-order valence-corrected chi connectivity index (χ0v) is 13.7. The first-order chi connectivity index (χ1) is 11.1. The van der Waals surface area contributed by atoms with E-state index in [2.05, 4.69) is 0 Å². The van der Waals surface area contributed by atoms with Gasteiger partial charge in [0.25, 0.3) is 0 Å². The lowest BCUT2D eigenvalue weighted by Gasteiger charge is -2.23. The molecule has 0 heterocycles. The predicted octanol–water partition coefficient (Wildman–Crippen LogP) is 3.51. The van der Waals surface area contributed by atoms with Gasteiger partial charge >= 0.3 is 11.9 Å². The second-order valence-corrected chi connectivity index (χ2v) is 5.71. The van der Waals surface area contributed by atoms with Crippen molar-refractivity contribution in [1.82, 2.24) is 0 Å². The van der Waals surface area contributed by atoms with E-state index < -0.39 is 12.1 Å². The molecule has 1 fully saturated rings. The van der Waals surface area contributed by atoms with Gasteiger partial charge in [0, 0.05) is 0 Å². The van der Waals surface area contributed by atoms with Gasteiger partial charge in [-0.05, 0) is 57.7 Å². The maximum Gasteiger partial charge on any atom is 0.347 e. The van der Waals surface area contributed by atoms with Crippen molar-refractivity contribution in [2.45, 2.75) is 58.2 Å². The molecule has 1 saturated carbocycles. The molecule has 0 amide bonds. The minimum Gasteiger partial charge on any atom is -0.479 e. The number of esters is 2. The number of carbonyl (C=O) groups is 2. The molecule has 0 aromatic heterocycles. The minimum absolute atomic E-state index is 0.00756. The monoisotopic (exact) mass is 320 g/mol. The van der Waals surface area contributed by atoms with Crippen molar-refractivity contribution in [3.8, 4) is 5.75 Å². The third-order valence-corrected chi connectivity index (χ3v) is 3.82. The first-order valence-electron chi connectivity index (χ1n) is 8.24. The standard InChI is InChI=1S/C18H24O5/c1-3-21-18(20)14-8-7-11-16(12-14)22-13(2)17(19)23-15-9-5-4-6-10-15/h7-8,11-13,15H,3-6,9-10H2,1-2H3. The van der Waals surface area contributed by atoms with Gasteiger partial charge in [-0.25, -0.2) is 9.59 Å². The Morgan fingerprint density at radius 2 is 1.96 bits per heavy atom. The molecular formula is C18H24O5. The summed E-state index contributed by atoms with van der Waals surface area (Å²) in [6.45, 7) is 3.72. The summed E-state index contributed by atoms with van der Waals surface area (Å²) >= 11 is 0. The molecule has 0 aliphatic heterocycles. The molecule has 126 valence electrons. The maximum atomic E-state index is 12.1. The average molecular weight is 320 g/mol. The lowest BCUT2D eigenvalue weighted by atomic mass is 9.98. The first kappa shape index (κ1) is 17.3. The minimum atomic E-state index is -0.714. The summed E-state index contributed by atoms with van der Waals surface area (Å²) in [5.41, 5.74) is 0.400. The zero-order chi connectivity index (χ0) is 16.7. The molecule has 1 atom stereocenters. The highest BCUT2D eigenvalue weighted by atomic mass is 16.6. The van der Waals surface area contributed by atoms with Gasteiger partial charge < -0.3 is 14.2 Å². The molecule has 1 unspecified atom stereocenters. The molecule has 1 aromatic rings. The molecule has 0 N–H and O–H groups in total. The summed E-state index contributed by atoms with van der Waals surface area (Å²) < 4.78 is 16.0. The predicted molar refractivity (Wildman–Crippen MR) is 85.5 cm³/mol. The van der Waals surface area contributed by atoms with Crippen LogP contribution in [0.1, 0.15) is 56.3 Å². The highest BCUT2D eigenvalue weighted by Gasteiger charge is 2.23. The van der Waals surface area contributed by atoms with E-state index in [4.69, 9.17) is 14.2 Å². The molecule has 1 aliphatic rings. The Balaban J connectivity index is 1.91. The van der Waals surface area contributed by atoms with Crippen molar-refractivity contribution >= 4 is 11.9 Å². The highest BCUT2D eigenvalue weighted by molar-refractivity contribution is 5.89. The SMILES string of the molecule is CCOC(=O)c1cccc(OC(C)C(=O)OC2CCCCC2)c1. The summed E-state index contributed by atoms with van der Waals surface area (Å²) in [5.74, 6) is -0.322. The van der Waals surface area contributed by atoms with Crippen LogP contribution in [0.3, 0.4) is 0 Å². The largest absolute Gasteiger partial charge is 0.479 e. The molecule has 0 saturated heterocycles. The molecule has 23 heavy (non-hydrogen) atoms. The van der Waals surface area contributed by atoms with Crippen molar-refractivity contribution in [2.24, 2.45) is 0 Å². The number of carbonyl (C=O) groups excluding carboxylic acids is 2. The van der Waals surface area contributed by atoms with E-state index in [9.17, 15) is 9.59 Å². The van der Waals surface area contributed by atoms with Crippen molar-refractivity contribution in [1.29, 1.82) is 0 Å². The van der Waals surface area contributed by atoms with Crippen LogP contribution in [0.4, 0.5) is 0 Å². The van der Waals surface area contributed by atoms with E-state index in [1.165, 1.54) is 6.42 Å². The Morgan fingerprint density at radius 1 is 1.22 bits per heavy atom. The van der Waals surface area contributed by atoms with Crippen LogP contribution < -0.4 is 4.74 Å². The van der Waals surface area contributed by atoms with Crippen LogP contribution in [0.5, 0.6) is 5.75 Å². The Labute approximate surface area is 136 Å². The van der Waals surface area contributed by atoms with Crippen LogP contribution in [0.25, 0.3) is 0 Å². The van der Waals surface area contributed by atoms with E-state index in [0.717, 1.165) is 25.7 Å². The normalized spacial score (nSPS) is 16.4. The van der Waals surface area contributed by atoms with Crippen LogP contribution >= 0.6 is 0 Å². The molecule has 1 aromatic carbocycles. The lowest BCUT2D eigenvalue weighted by Crippen LogP contribution is -2.31. The van der Waals surface area contributed by atoms with Crippen molar-refractivity contribution in [2.75, 3.05) is 6.61 Å². The van der Waals surface area contributed by atoms with Crippen molar-refractivity contribution < 1.29 is 23.8 Å². The maximum absolute atomic E-state index is 12.1. The smallest absolute Gasteiger partial charge is 0.347 e. The fraction of sp³-hybridized carbons (Fsp3) is 0.556. The van der Waals surface area contributed by atoms with Gasteiger partial charge in [0.1, 0.15) is 11.9 Å². The van der Waals surface area contributed by atoms with Gasteiger partial charge in [0.05, 0.1) is 12.2 Å². The van der Waals surface area contributed by atoms with E-state index in [0.29, 0.717) is 17.9 Å². The summed E-state index contributed by atoms with van der Waals surface area (Å²) in [5, 5.41) is 0. The van der Waals surface area contributed by atoms with E-state index in [1.54, 1.807) is 38.1 Å². The van der Waals surface area contributed by atoms with E-state index in [1.807, 2.05) is 0 Å². The number of ether oxygens (including phenoxy) is 3. The summed E-state index contributed by atoms with van der Waals surface area (Å²) in [6, 6.07) is 6.62. The fourth-order valence-electron chi connectivity index (χ4n) is 2.61. The van der Waals surface area contributed by atoms with Gasteiger partial charge in [0.15, 0.2) is 6.10 Å². The topological polar surface area (TPSA) is 61.8 Å². The number of hydrogen-bond donors (Lipinski definition) is 0. The lowest BCUT2D eigenvalue weighted by molar-refractivity contribution is -0.158. The van der Waals surface area contributed by atoms with Crippen LogP contribution in [0.15, 0.2) is 24.3 Å².